The highest BCUT2D eigenvalue weighted by atomic mass is 16.5. The topological polar surface area (TPSA) is 68.0 Å². The van der Waals surface area contributed by atoms with Crippen LogP contribution < -0.4 is 5.32 Å². The highest BCUT2D eigenvalue weighted by Gasteiger charge is 2.26. The van der Waals surface area contributed by atoms with Crippen molar-refractivity contribution in [3.8, 4) is 0 Å². The van der Waals surface area contributed by atoms with Crippen molar-refractivity contribution in [2.45, 2.75) is 66.3 Å². The maximum Gasteiger partial charge on any atom is 0.227 e. The molecule has 0 fully saturated rings. The molecule has 0 radical (unpaired) electrons. The number of hydrogen-bond acceptors (Lipinski definition) is 4. The van der Waals surface area contributed by atoms with Gasteiger partial charge in [0.25, 0.3) is 0 Å². The zero-order valence-corrected chi connectivity index (χ0v) is 12.8. The summed E-state index contributed by atoms with van der Waals surface area (Å²) < 4.78 is 4.98. The van der Waals surface area contributed by atoms with Crippen molar-refractivity contribution in [1.29, 1.82) is 0 Å². The molecule has 0 saturated heterocycles. The summed E-state index contributed by atoms with van der Waals surface area (Å²) >= 11 is 0. The highest BCUT2D eigenvalue weighted by molar-refractivity contribution is 5.76. The lowest BCUT2D eigenvalue weighted by atomic mass is 9.82. The van der Waals surface area contributed by atoms with Crippen molar-refractivity contribution in [1.82, 2.24) is 15.5 Å². The Hall–Kier alpha value is -1.39. The Kier molecular flexibility index (Phi) is 4.71. The molecule has 0 aliphatic carbocycles. The molecule has 1 heterocycles. The van der Waals surface area contributed by atoms with Gasteiger partial charge in [-0.2, -0.15) is 4.98 Å². The second-order valence-electron chi connectivity index (χ2n) is 6.90. The molecular weight excluding hydrogens is 242 g/mol. The zero-order valence-electron chi connectivity index (χ0n) is 12.8. The van der Waals surface area contributed by atoms with Crippen LogP contribution in [0.3, 0.4) is 0 Å². The molecule has 19 heavy (non-hydrogen) atoms. The van der Waals surface area contributed by atoms with Crippen LogP contribution in [0.1, 0.15) is 59.2 Å². The quantitative estimate of drug-likeness (QED) is 0.890. The van der Waals surface area contributed by atoms with Crippen LogP contribution in [-0.4, -0.2) is 21.6 Å². The van der Waals surface area contributed by atoms with E-state index in [9.17, 15) is 4.79 Å². The zero-order chi connectivity index (χ0) is 14.7. The first kappa shape index (κ1) is 15.7. The Bertz CT molecular complexity index is 430. The molecule has 5 nitrogen and oxygen atoms in total. The average Bonchev–Trinajstić information content (AvgIpc) is 2.56. The fraction of sp³-hybridized carbons (Fsp3) is 0.786. The first-order chi connectivity index (χ1) is 8.57. The van der Waals surface area contributed by atoms with E-state index in [0.29, 0.717) is 24.6 Å². The van der Waals surface area contributed by atoms with E-state index in [1.54, 1.807) is 6.92 Å². The number of rotatable bonds is 5. The van der Waals surface area contributed by atoms with Gasteiger partial charge in [0.1, 0.15) is 0 Å². The molecule has 0 atom stereocenters. The molecule has 1 N–H and O–H groups in total. The van der Waals surface area contributed by atoms with Gasteiger partial charge in [-0.1, -0.05) is 25.9 Å². The van der Waals surface area contributed by atoms with Crippen molar-refractivity contribution >= 4 is 5.91 Å². The maximum absolute atomic E-state index is 11.9. The Morgan fingerprint density at radius 3 is 2.37 bits per heavy atom. The van der Waals surface area contributed by atoms with Crippen molar-refractivity contribution in [2.24, 2.45) is 5.41 Å². The van der Waals surface area contributed by atoms with Crippen molar-refractivity contribution in [2.75, 3.05) is 0 Å². The van der Waals surface area contributed by atoms with Gasteiger partial charge >= 0.3 is 0 Å². The van der Waals surface area contributed by atoms with E-state index >= 15 is 0 Å². The minimum absolute atomic E-state index is 0.0186. The summed E-state index contributed by atoms with van der Waals surface area (Å²) in [6.45, 7) is 12.4. The smallest absolute Gasteiger partial charge is 0.227 e. The molecule has 0 spiro atoms. The SMILES string of the molecule is Cc1noc(CCC(=O)NC(C)(C)CC(C)(C)C)n1. The monoisotopic (exact) mass is 267 g/mol. The lowest BCUT2D eigenvalue weighted by Gasteiger charge is -2.33. The van der Waals surface area contributed by atoms with Crippen molar-refractivity contribution < 1.29 is 9.32 Å². The Labute approximate surface area is 115 Å². The molecule has 1 aromatic rings. The summed E-state index contributed by atoms with van der Waals surface area (Å²) in [7, 11) is 0. The highest BCUT2D eigenvalue weighted by Crippen LogP contribution is 2.26. The Morgan fingerprint density at radius 2 is 1.89 bits per heavy atom. The van der Waals surface area contributed by atoms with Gasteiger partial charge in [-0.15, -0.1) is 0 Å². The third kappa shape index (κ3) is 6.36. The van der Waals surface area contributed by atoms with E-state index in [0.717, 1.165) is 6.42 Å². The predicted octanol–water partition coefficient (Wildman–Crippen LogP) is 2.64. The normalized spacial score (nSPS) is 12.5. The molecule has 0 aliphatic rings. The van der Waals surface area contributed by atoms with Crippen LogP contribution in [0.4, 0.5) is 0 Å². The fourth-order valence-corrected chi connectivity index (χ4v) is 2.47. The molecular formula is C14H25N3O2. The van der Waals surface area contributed by atoms with Crippen molar-refractivity contribution in [3.05, 3.63) is 11.7 Å². The standard InChI is InChI=1S/C14H25N3O2/c1-10-15-12(19-17-10)8-7-11(18)16-14(5,6)9-13(2,3)4/h7-9H2,1-6H3,(H,16,18). The van der Waals surface area contributed by atoms with Gasteiger partial charge in [-0.25, -0.2) is 0 Å². The summed E-state index contributed by atoms with van der Waals surface area (Å²) in [6.07, 6.45) is 1.78. The van der Waals surface area contributed by atoms with Gasteiger partial charge < -0.3 is 9.84 Å². The molecule has 1 aromatic heterocycles. The lowest BCUT2D eigenvalue weighted by Crippen LogP contribution is -2.45. The number of nitrogens with zero attached hydrogens (tertiary/aromatic N) is 2. The van der Waals surface area contributed by atoms with Gasteiger partial charge in [0.2, 0.25) is 11.8 Å². The van der Waals surface area contributed by atoms with Crippen LogP contribution in [-0.2, 0) is 11.2 Å². The maximum atomic E-state index is 11.9. The van der Waals surface area contributed by atoms with Gasteiger partial charge in [0, 0.05) is 18.4 Å². The fourth-order valence-electron chi connectivity index (χ4n) is 2.47. The predicted molar refractivity (Wildman–Crippen MR) is 73.6 cm³/mol. The van der Waals surface area contributed by atoms with Gasteiger partial charge in [0.15, 0.2) is 5.82 Å². The minimum Gasteiger partial charge on any atom is -0.351 e. The summed E-state index contributed by atoms with van der Waals surface area (Å²) in [5, 5.41) is 6.76. The average molecular weight is 267 g/mol. The summed E-state index contributed by atoms with van der Waals surface area (Å²) in [6, 6.07) is 0. The lowest BCUT2D eigenvalue weighted by molar-refractivity contribution is -0.123. The summed E-state index contributed by atoms with van der Waals surface area (Å²) in [5.41, 5.74) is -0.0273. The van der Waals surface area contributed by atoms with Gasteiger partial charge in [-0.3, -0.25) is 4.79 Å². The Morgan fingerprint density at radius 1 is 1.26 bits per heavy atom. The van der Waals surface area contributed by atoms with E-state index in [1.807, 2.05) is 13.8 Å². The van der Waals surface area contributed by atoms with Crippen LogP contribution in [0.15, 0.2) is 4.52 Å². The number of aryl methyl sites for hydroxylation is 2. The summed E-state index contributed by atoms with van der Waals surface area (Å²) in [4.78, 5) is 16.0. The third-order valence-electron chi connectivity index (χ3n) is 2.59. The van der Waals surface area contributed by atoms with Gasteiger partial charge in [0.05, 0.1) is 0 Å². The van der Waals surface area contributed by atoms with E-state index in [1.165, 1.54) is 0 Å². The third-order valence-corrected chi connectivity index (χ3v) is 2.59. The van der Waals surface area contributed by atoms with E-state index < -0.39 is 0 Å². The second-order valence-corrected chi connectivity index (χ2v) is 6.90. The molecule has 0 bridgehead atoms. The molecule has 0 aromatic carbocycles. The summed E-state index contributed by atoms with van der Waals surface area (Å²) in [5.74, 6) is 1.13. The second kappa shape index (κ2) is 5.72. The number of carbonyl (C=O) groups excluding carboxylic acids is 1. The van der Waals surface area contributed by atoms with Crippen LogP contribution in [0.25, 0.3) is 0 Å². The van der Waals surface area contributed by atoms with E-state index in [4.69, 9.17) is 4.52 Å². The molecule has 0 unspecified atom stereocenters. The molecule has 5 heteroatoms. The number of nitrogens with one attached hydrogen (secondary N) is 1. The van der Waals surface area contributed by atoms with Gasteiger partial charge in [-0.05, 0) is 32.6 Å². The number of amides is 1. The molecule has 1 amide bonds. The van der Waals surface area contributed by atoms with Crippen LogP contribution in [0, 0.1) is 12.3 Å². The van der Waals surface area contributed by atoms with Crippen LogP contribution >= 0.6 is 0 Å². The molecule has 108 valence electrons. The first-order valence-electron chi connectivity index (χ1n) is 6.68. The van der Waals surface area contributed by atoms with Crippen LogP contribution in [0.5, 0.6) is 0 Å². The number of carbonyl (C=O) groups is 1. The Balaban J connectivity index is 2.42. The van der Waals surface area contributed by atoms with Crippen LogP contribution in [0.2, 0.25) is 0 Å². The molecule has 1 rings (SSSR count). The van der Waals surface area contributed by atoms with E-state index in [2.05, 4.69) is 36.2 Å². The number of aromatic nitrogens is 2. The number of hydrogen-bond donors (Lipinski definition) is 1. The molecule has 0 aliphatic heterocycles. The molecule has 0 saturated carbocycles. The minimum atomic E-state index is -0.208. The van der Waals surface area contributed by atoms with Crippen molar-refractivity contribution in [3.63, 3.8) is 0 Å². The first-order valence-corrected chi connectivity index (χ1v) is 6.68. The van der Waals surface area contributed by atoms with E-state index in [-0.39, 0.29) is 16.9 Å². The largest absolute Gasteiger partial charge is 0.351 e.